The molecule has 0 saturated carbocycles. The highest BCUT2D eigenvalue weighted by Gasteiger charge is 2.08. The van der Waals surface area contributed by atoms with Crippen molar-refractivity contribution in [3.63, 3.8) is 0 Å². The van der Waals surface area contributed by atoms with Gasteiger partial charge in [-0.1, -0.05) is 18.2 Å². The van der Waals surface area contributed by atoms with Crippen LogP contribution < -0.4 is 14.2 Å². The van der Waals surface area contributed by atoms with Crippen LogP contribution in [-0.4, -0.2) is 0 Å². The van der Waals surface area contributed by atoms with Crippen LogP contribution in [0.15, 0.2) is 84.9 Å². The summed E-state index contributed by atoms with van der Waals surface area (Å²) >= 11 is 0. The topological polar surface area (TPSA) is 84.0 Å². The molecule has 164 valence electrons. The summed E-state index contributed by atoms with van der Waals surface area (Å²) in [5, 5.41) is 18.3. The summed E-state index contributed by atoms with van der Waals surface area (Å²) in [6.45, 7) is 14.3. The van der Waals surface area contributed by atoms with Gasteiger partial charge in [-0.05, 0) is 54.6 Å². The van der Waals surface area contributed by atoms with E-state index in [4.69, 9.17) is 32.6 Å². The zero-order valence-corrected chi connectivity index (χ0v) is 18.1. The van der Waals surface area contributed by atoms with Crippen LogP contribution in [0.5, 0.6) is 34.5 Å². The van der Waals surface area contributed by atoms with E-state index in [-0.39, 0.29) is 22.5 Å². The number of nitrogens with zero attached hydrogens (tertiary/aromatic N) is 4. The maximum atomic E-state index is 9.20. The fraction of sp³-hybridized carbons (Fsp3) is 0. The highest BCUT2D eigenvalue weighted by atomic mass is 16.5. The SMILES string of the molecule is [C-]#[N+]c1ccc(Oc2cccc(Oc3cccc(Oc4ccc(C#N)c(C#N)c4)c3)c2)cc1[N+]#[C-]. The molecule has 0 fully saturated rings. The van der Waals surface area contributed by atoms with E-state index in [0.29, 0.717) is 34.5 Å². The zero-order valence-electron chi connectivity index (χ0n) is 18.1. The van der Waals surface area contributed by atoms with E-state index in [1.807, 2.05) is 12.1 Å². The van der Waals surface area contributed by atoms with Crippen LogP contribution in [0.1, 0.15) is 11.1 Å². The fourth-order valence-electron chi connectivity index (χ4n) is 3.14. The Morgan fingerprint density at radius 3 is 1.46 bits per heavy atom. The quantitative estimate of drug-likeness (QED) is 0.276. The molecule has 0 aliphatic heterocycles. The summed E-state index contributed by atoms with van der Waals surface area (Å²) in [5.41, 5.74) is 1.02. The summed E-state index contributed by atoms with van der Waals surface area (Å²) in [7, 11) is 0. The summed E-state index contributed by atoms with van der Waals surface area (Å²) < 4.78 is 17.6. The molecule has 0 aliphatic rings. The van der Waals surface area contributed by atoms with Gasteiger partial charge in [0.2, 0.25) is 0 Å². The second-order valence-corrected chi connectivity index (χ2v) is 7.06. The Balaban J connectivity index is 1.49. The van der Waals surface area contributed by atoms with Crippen LogP contribution in [0.25, 0.3) is 9.69 Å². The molecule has 0 heterocycles. The van der Waals surface area contributed by atoms with Crippen molar-refractivity contribution < 1.29 is 14.2 Å². The number of nitriles is 2. The lowest BCUT2D eigenvalue weighted by Gasteiger charge is -2.11. The third kappa shape index (κ3) is 5.36. The zero-order chi connectivity index (χ0) is 24.6. The lowest BCUT2D eigenvalue weighted by Crippen LogP contribution is -1.90. The van der Waals surface area contributed by atoms with Gasteiger partial charge >= 0.3 is 0 Å². The third-order valence-electron chi connectivity index (χ3n) is 4.74. The van der Waals surface area contributed by atoms with Crippen molar-refractivity contribution in [3.8, 4) is 46.6 Å². The van der Waals surface area contributed by atoms with Crippen molar-refractivity contribution in [2.75, 3.05) is 0 Å². The van der Waals surface area contributed by atoms with E-state index in [0.717, 1.165) is 0 Å². The van der Waals surface area contributed by atoms with Crippen molar-refractivity contribution in [1.29, 1.82) is 10.5 Å². The minimum absolute atomic E-state index is 0.228. The van der Waals surface area contributed by atoms with Crippen LogP contribution in [0.2, 0.25) is 0 Å². The molecule has 35 heavy (non-hydrogen) atoms. The molecule has 4 rings (SSSR count). The summed E-state index contributed by atoms with van der Waals surface area (Å²) in [4.78, 5) is 6.69. The molecule has 4 aromatic carbocycles. The first-order valence-corrected chi connectivity index (χ1v) is 10.2. The summed E-state index contributed by atoms with van der Waals surface area (Å²) in [6, 6.07) is 27.3. The molecule has 0 amide bonds. The van der Waals surface area contributed by atoms with Gasteiger partial charge in [0.15, 0.2) is 11.4 Å². The van der Waals surface area contributed by atoms with Crippen molar-refractivity contribution in [3.05, 3.63) is 119 Å². The molecule has 0 spiro atoms. The lowest BCUT2D eigenvalue weighted by atomic mass is 10.1. The molecule has 0 aliphatic carbocycles. The second-order valence-electron chi connectivity index (χ2n) is 7.06. The number of benzene rings is 4. The molecular formula is C28H14N4O3. The molecule has 0 radical (unpaired) electrons. The predicted octanol–water partition coefficient (Wildman–Crippen LogP) is 7.91. The van der Waals surface area contributed by atoms with Gasteiger partial charge < -0.3 is 14.2 Å². The molecule has 0 N–H and O–H groups in total. The highest BCUT2D eigenvalue weighted by molar-refractivity contribution is 5.72. The average Bonchev–Trinajstić information content (AvgIpc) is 2.89. The van der Waals surface area contributed by atoms with Crippen LogP contribution in [-0.2, 0) is 0 Å². The van der Waals surface area contributed by atoms with Gasteiger partial charge in [-0.15, -0.1) is 0 Å². The first-order chi connectivity index (χ1) is 17.1. The molecule has 7 nitrogen and oxygen atoms in total. The van der Waals surface area contributed by atoms with E-state index in [2.05, 4.69) is 9.69 Å². The monoisotopic (exact) mass is 454 g/mol. The molecule has 4 aromatic rings. The van der Waals surface area contributed by atoms with Crippen LogP contribution >= 0.6 is 0 Å². The molecule has 0 bridgehead atoms. The Labute approximate surface area is 201 Å². The Morgan fingerprint density at radius 1 is 0.514 bits per heavy atom. The number of hydrogen-bond acceptors (Lipinski definition) is 5. The van der Waals surface area contributed by atoms with Gasteiger partial charge in [0.1, 0.15) is 46.6 Å². The molecule has 0 aromatic heterocycles. The first kappa shape index (κ1) is 22.4. The van der Waals surface area contributed by atoms with Gasteiger partial charge in [0, 0.05) is 12.1 Å². The Kier molecular flexibility index (Phi) is 6.56. The summed E-state index contributed by atoms with van der Waals surface area (Å²) in [5.74, 6) is 2.91. The van der Waals surface area contributed by atoms with E-state index in [1.54, 1.807) is 66.7 Å². The smallest absolute Gasteiger partial charge is 0.198 e. The van der Waals surface area contributed by atoms with Gasteiger partial charge in [0.05, 0.1) is 24.3 Å². The number of ether oxygens (including phenoxy) is 3. The maximum Gasteiger partial charge on any atom is 0.198 e. The van der Waals surface area contributed by atoms with E-state index >= 15 is 0 Å². The van der Waals surface area contributed by atoms with E-state index < -0.39 is 0 Å². The Hall–Kier alpha value is -5.76. The van der Waals surface area contributed by atoms with E-state index in [9.17, 15) is 5.26 Å². The van der Waals surface area contributed by atoms with Crippen molar-refractivity contribution >= 4 is 11.4 Å². The molecular weight excluding hydrogens is 440 g/mol. The average molecular weight is 454 g/mol. The first-order valence-electron chi connectivity index (χ1n) is 10.2. The Morgan fingerprint density at radius 2 is 0.971 bits per heavy atom. The van der Waals surface area contributed by atoms with Crippen molar-refractivity contribution in [1.82, 2.24) is 0 Å². The van der Waals surface area contributed by atoms with Crippen molar-refractivity contribution in [2.45, 2.75) is 0 Å². The molecule has 0 saturated heterocycles. The van der Waals surface area contributed by atoms with Crippen molar-refractivity contribution in [2.24, 2.45) is 0 Å². The largest absolute Gasteiger partial charge is 0.459 e. The normalized spacial score (nSPS) is 9.60. The number of hydrogen-bond donors (Lipinski definition) is 0. The Bertz CT molecular complexity index is 1460. The summed E-state index contributed by atoms with van der Waals surface area (Å²) in [6.07, 6.45) is 0. The van der Waals surface area contributed by atoms with Crippen LogP contribution in [0.3, 0.4) is 0 Å². The molecule has 0 unspecified atom stereocenters. The third-order valence-corrected chi connectivity index (χ3v) is 4.74. The predicted molar refractivity (Wildman–Crippen MR) is 128 cm³/mol. The van der Waals surface area contributed by atoms with E-state index in [1.165, 1.54) is 18.2 Å². The fourth-order valence-corrected chi connectivity index (χ4v) is 3.14. The maximum absolute atomic E-state index is 9.20. The molecule has 7 heteroatoms. The van der Waals surface area contributed by atoms with Gasteiger partial charge in [0.25, 0.3) is 0 Å². The van der Waals surface area contributed by atoms with Gasteiger partial charge in [-0.25, -0.2) is 4.85 Å². The minimum Gasteiger partial charge on any atom is -0.459 e. The van der Waals surface area contributed by atoms with Crippen LogP contribution in [0, 0.1) is 35.8 Å². The van der Waals surface area contributed by atoms with Gasteiger partial charge in [-0.2, -0.15) is 10.5 Å². The lowest BCUT2D eigenvalue weighted by molar-refractivity contribution is 0.451. The molecule has 0 atom stereocenters. The highest BCUT2D eigenvalue weighted by Crippen LogP contribution is 2.35. The van der Waals surface area contributed by atoms with Gasteiger partial charge in [-0.3, -0.25) is 4.85 Å². The standard InChI is InChI=1S/C28H14N4O3/c1-31-27-12-11-26(16-28(27)32-2)35-24-8-4-6-22(15-24)33-21-5-3-7-23(14-21)34-25-10-9-19(17-29)20(13-25)18-30/h3-16H. The minimum atomic E-state index is 0.228. The van der Waals surface area contributed by atoms with Crippen LogP contribution in [0.4, 0.5) is 11.4 Å². The second kappa shape index (κ2) is 10.2. The number of rotatable bonds is 6.